The molecule has 1 aromatic heterocycles. The van der Waals surface area contributed by atoms with Gasteiger partial charge in [-0.15, -0.1) is 0 Å². The van der Waals surface area contributed by atoms with Gasteiger partial charge in [-0.25, -0.2) is 4.98 Å². The summed E-state index contributed by atoms with van der Waals surface area (Å²) in [6.07, 6.45) is 4.23. The molecule has 1 fully saturated rings. The van der Waals surface area contributed by atoms with E-state index in [0.717, 1.165) is 25.3 Å². The Morgan fingerprint density at radius 3 is 3.16 bits per heavy atom. The number of hydrogen-bond acceptors (Lipinski definition) is 4. The van der Waals surface area contributed by atoms with E-state index >= 15 is 0 Å². The molecule has 0 spiro atoms. The summed E-state index contributed by atoms with van der Waals surface area (Å²) in [6.45, 7) is 7.58. The molecule has 1 unspecified atom stereocenters. The highest BCUT2D eigenvalue weighted by Gasteiger charge is 2.20. The molecule has 0 saturated carbocycles. The molecule has 0 amide bonds. The summed E-state index contributed by atoms with van der Waals surface area (Å²) < 4.78 is 0. The highest BCUT2D eigenvalue weighted by atomic mass is 15.1. The van der Waals surface area contributed by atoms with Gasteiger partial charge in [0.2, 0.25) is 0 Å². The van der Waals surface area contributed by atoms with E-state index < -0.39 is 0 Å². The molecule has 19 heavy (non-hydrogen) atoms. The molecule has 1 aromatic rings. The fourth-order valence-electron chi connectivity index (χ4n) is 2.55. The van der Waals surface area contributed by atoms with Gasteiger partial charge < -0.3 is 10.2 Å². The smallest absolute Gasteiger partial charge is 0.142 e. The molecule has 2 heterocycles. The lowest BCUT2D eigenvalue weighted by molar-refractivity contribution is 0.379. The normalized spacial score (nSPS) is 19.5. The minimum absolute atomic E-state index is 0.500. The summed E-state index contributed by atoms with van der Waals surface area (Å²) in [6, 6.07) is 6.54. The van der Waals surface area contributed by atoms with Crippen LogP contribution in [0.3, 0.4) is 0 Å². The summed E-state index contributed by atoms with van der Waals surface area (Å²) in [5.41, 5.74) is 1.63. The molecule has 0 aliphatic carbocycles. The van der Waals surface area contributed by atoms with Crippen molar-refractivity contribution in [2.45, 2.75) is 32.7 Å². The van der Waals surface area contributed by atoms with Crippen LogP contribution in [0.1, 0.15) is 32.4 Å². The third-order valence-corrected chi connectivity index (χ3v) is 3.56. The molecule has 102 valence electrons. The van der Waals surface area contributed by atoms with Gasteiger partial charge in [0.1, 0.15) is 11.8 Å². The fourth-order valence-corrected chi connectivity index (χ4v) is 2.55. The molecule has 1 N–H and O–H groups in total. The first kappa shape index (κ1) is 13.8. The first-order chi connectivity index (χ1) is 9.19. The molecule has 4 heteroatoms. The van der Waals surface area contributed by atoms with Crippen molar-refractivity contribution in [3.05, 3.63) is 24.0 Å². The quantitative estimate of drug-likeness (QED) is 0.899. The first-order valence-electron chi connectivity index (χ1n) is 7.03. The Bertz CT molecular complexity index is 450. The molecular formula is C15H22N4. The van der Waals surface area contributed by atoms with Crippen molar-refractivity contribution in [3.63, 3.8) is 0 Å². The van der Waals surface area contributed by atoms with Crippen molar-refractivity contribution in [1.29, 1.82) is 5.26 Å². The van der Waals surface area contributed by atoms with Crippen molar-refractivity contribution in [3.8, 4) is 6.07 Å². The second-order valence-corrected chi connectivity index (χ2v) is 5.53. The summed E-state index contributed by atoms with van der Waals surface area (Å²) in [5, 5.41) is 12.4. The Morgan fingerprint density at radius 1 is 1.58 bits per heavy atom. The van der Waals surface area contributed by atoms with Gasteiger partial charge in [-0.3, -0.25) is 0 Å². The van der Waals surface area contributed by atoms with Crippen LogP contribution in [-0.4, -0.2) is 30.7 Å². The van der Waals surface area contributed by atoms with Crippen molar-refractivity contribution < 1.29 is 0 Å². The van der Waals surface area contributed by atoms with Gasteiger partial charge in [0.05, 0.1) is 0 Å². The number of nitrogens with one attached hydrogen (secondary N) is 1. The number of aromatic nitrogens is 1. The second-order valence-electron chi connectivity index (χ2n) is 5.53. The van der Waals surface area contributed by atoms with E-state index in [0.29, 0.717) is 17.7 Å². The minimum Gasteiger partial charge on any atom is -0.371 e. The average molecular weight is 258 g/mol. The standard InChI is InChI=1S/C15H22N4/c1-12(2)18-10-13-4-3-7-19(11-13)15-5-6-17-14(8-15)9-16/h5-6,8,12-13,18H,3-4,7,10-11H2,1-2H3. The summed E-state index contributed by atoms with van der Waals surface area (Å²) in [4.78, 5) is 6.40. The lowest BCUT2D eigenvalue weighted by atomic mass is 9.97. The highest BCUT2D eigenvalue weighted by Crippen LogP contribution is 2.23. The van der Waals surface area contributed by atoms with Crippen LogP contribution in [0.2, 0.25) is 0 Å². The lowest BCUT2D eigenvalue weighted by Crippen LogP contribution is -2.41. The van der Waals surface area contributed by atoms with E-state index in [1.54, 1.807) is 6.20 Å². The molecule has 0 radical (unpaired) electrons. The monoisotopic (exact) mass is 258 g/mol. The fraction of sp³-hybridized carbons (Fsp3) is 0.600. The SMILES string of the molecule is CC(C)NCC1CCCN(c2ccnc(C#N)c2)C1. The van der Waals surface area contributed by atoms with E-state index in [-0.39, 0.29) is 0 Å². The maximum absolute atomic E-state index is 8.92. The second kappa shape index (κ2) is 6.53. The number of rotatable bonds is 4. The zero-order valence-electron chi connectivity index (χ0n) is 11.8. The largest absolute Gasteiger partial charge is 0.371 e. The third kappa shape index (κ3) is 3.93. The van der Waals surface area contributed by atoms with E-state index in [9.17, 15) is 0 Å². The molecule has 0 bridgehead atoms. The van der Waals surface area contributed by atoms with Crippen LogP contribution in [0.4, 0.5) is 5.69 Å². The zero-order valence-corrected chi connectivity index (χ0v) is 11.8. The van der Waals surface area contributed by atoms with Crippen molar-refractivity contribution in [2.75, 3.05) is 24.5 Å². The van der Waals surface area contributed by atoms with Crippen LogP contribution < -0.4 is 10.2 Å². The van der Waals surface area contributed by atoms with Crippen LogP contribution in [0, 0.1) is 17.2 Å². The molecule has 4 nitrogen and oxygen atoms in total. The Morgan fingerprint density at radius 2 is 2.42 bits per heavy atom. The summed E-state index contributed by atoms with van der Waals surface area (Å²) in [5.74, 6) is 0.690. The van der Waals surface area contributed by atoms with Gasteiger partial charge in [0.15, 0.2) is 0 Å². The van der Waals surface area contributed by atoms with Crippen molar-refractivity contribution >= 4 is 5.69 Å². The molecule has 2 rings (SSSR count). The maximum Gasteiger partial charge on any atom is 0.142 e. The number of hydrogen-bond donors (Lipinski definition) is 1. The van der Waals surface area contributed by atoms with E-state index in [1.165, 1.54) is 12.8 Å². The number of pyridine rings is 1. The molecule has 1 aliphatic rings. The van der Waals surface area contributed by atoms with Crippen LogP contribution >= 0.6 is 0 Å². The maximum atomic E-state index is 8.92. The predicted molar refractivity (Wildman–Crippen MR) is 77.0 cm³/mol. The van der Waals surface area contributed by atoms with E-state index in [1.807, 2.05) is 12.1 Å². The minimum atomic E-state index is 0.500. The Labute approximate surface area is 115 Å². The van der Waals surface area contributed by atoms with Crippen molar-refractivity contribution in [1.82, 2.24) is 10.3 Å². The Kier molecular flexibility index (Phi) is 4.75. The van der Waals surface area contributed by atoms with Gasteiger partial charge in [-0.05, 0) is 37.4 Å². The van der Waals surface area contributed by atoms with Gasteiger partial charge in [0, 0.05) is 31.0 Å². The van der Waals surface area contributed by atoms with E-state index in [4.69, 9.17) is 5.26 Å². The Balaban J connectivity index is 1.98. The zero-order chi connectivity index (χ0) is 13.7. The highest BCUT2D eigenvalue weighted by molar-refractivity contribution is 5.49. The summed E-state index contributed by atoms with van der Waals surface area (Å²) >= 11 is 0. The molecule has 0 aromatic carbocycles. The summed E-state index contributed by atoms with van der Waals surface area (Å²) in [7, 11) is 0. The average Bonchev–Trinajstić information content (AvgIpc) is 2.45. The number of piperidine rings is 1. The van der Waals surface area contributed by atoms with Gasteiger partial charge in [-0.1, -0.05) is 13.8 Å². The van der Waals surface area contributed by atoms with E-state index in [2.05, 4.69) is 35.1 Å². The molecular weight excluding hydrogens is 236 g/mol. The van der Waals surface area contributed by atoms with Crippen LogP contribution in [0.15, 0.2) is 18.3 Å². The van der Waals surface area contributed by atoms with Gasteiger partial charge in [0.25, 0.3) is 0 Å². The number of nitriles is 1. The lowest BCUT2D eigenvalue weighted by Gasteiger charge is -2.34. The first-order valence-corrected chi connectivity index (χ1v) is 7.03. The number of anilines is 1. The predicted octanol–water partition coefficient (Wildman–Crippen LogP) is 2.17. The molecule has 1 atom stereocenters. The van der Waals surface area contributed by atoms with Gasteiger partial charge >= 0.3 is 0 Å². The van der Waals surface area contributed by atoms with Crippen LogP contribution in [0.5, 0.6) is 0 Å². The van der Waals surface area contributed by atoms with Crippen LogP contribution in [-0.2, 0) is 0 Å². The number of nitrogens with zero attached hydrogens (tertiary/aromatic N) is 3. The van der Waals surface area contributed by atoms with Crippen LogP contribution in [0.25, 0.3) is 0 Å². The Hall–Kier alpha value is -1.60. The molecule has 1 aliphatic heterocycles. The van der Waals surface area contributed by atoms with Crippen molar-refractivity contribution in [2.24, 2.45) is 5.92 Å². The van der Waals surface area contributed by atoms with Gasteiger partial charge in [-0.2, -0.15) is 5.26 Å². The molecule has 1 saturated heterocycles. The topological polar surface area (TPSA) is 52.0 Å². The third-order valence-electron chi connectivity index (χ3n) is 3.56.